The summed E-state index contributed by atoms with van der Waals surface area (Å²) in [5.41, 5.74) is 2.65. The molecule has 4 aliphatic rings. The molecule has 4 bridgehead atoms. The zero-order valence-corrected chi connectivity index (χ0v) is 27.2. The van der Waals surface area contributed by atoms with Gasteiger partial charge in [-0.3, -0.25) is 14.4 Å². The van der Waals surface area contributed by atoms with Crippen LogP contribution in [0.3, 0.4) is 0 Å². The second-order valence-electron chi connectivity index (χ2n) is 13.0. The Bertz CT molecular complexity index is 1390. The number of anilines is 1. The number of carbonyl (C=O) groups excluding carboxylic acids is 3. The second kappa shape index (κ2) is 14.7. The van der Waals surface area contributed by atoms with E-state index in [1.54, 1.807) is 20.4 Å². The fraction of sp³-hybridized carbons (Fsp3) is 0.600. The minimum absolute atomic E-state index is 0.00709. The fourth-order valence-electron chi connectivity index (χ4n) is 7.74. The first kappa shape index (κ1) is 32.1. The van der Waals surface area contributed by atoms with Crippen LogP contribution in [0.15, 0.2) is 30.5 Å². The van der Waals surface area contributed by atoms with Crippen molar-refractivity contribution >= 4 is 23.5 Å². The Morgan fingerprint density at radius 2 is 1.83 bits per heavy atom. The summed E-state index contributed by atoms with van der Waals surface area (Å²) in [6, 6.07) is 7.87. The van der Waals surface area contributed by atoms with Crippen molar-refractivity contribution in [3.8, 4) is 11.5 Å². The van der Waals surface area contributed by atoms with E-state index in [-0.39, 0.29) is 35.6 Å². The third kappa shape index (κ3) is 7.24. The number of carbonyl (C=O) groups is 3. The molecule has 1 aromatic carbocycles. The van der Waals surface area contributed by atoms with E-state index in [0.29, 0.717) is 82.1 Å². The lowest BCUT2D eigenvalue weighted by Crippen LogP contribution is -2.60. The van der Waals surface area contributed by atoms with Gasteiger partial charge in [0.15, 0.2) is 11.5 Å². The van der Waals surface area contributed by atoms with Gasteiger partial charge in [-0.15, -0.1) is 0 Å². The number of ether oxygens (including phenoxy) is 3. The van der Waals surface area contributed by atoms with Gasteiger partial charge in [0.25, 0.3) is 5.91 Å². The van der Waals surface area contributed by atoms with Gasteiger partial charge in [0, 0.05) is 64.3 Å². The summed E-state index contributed by atoms with van der Waals surface area (Å²) in [6.07, 6.45) is 7.07. The molecule has 11 heteroatoms. The van der Waals surface area contributed by atoms with E-state index in [0.717, 1.165) is 55.7 Å². The van der Waals surface area contributed by atoms with Crippen LogP contribution >= 0.6 is 0 Å². The number of aromatic nitrogens is 1. The number of hydrogen-bond acceptors (Lipinski definition) is 8. The van der Waals surface area contributed by atoms with E-state index in [4.69, 9.17) is 14.2 Å². The van der Waals surface area contributed by atoms with Crippen molar-refractivity contribution in [1.29, 1.82) is 0 Å². The molecule has 46 heavy (non-hydrogen) atoms. The summed E-state index contributed by atoms with van der Waals surface area (Å²) in [4.78, 5) is 51.2. The highest BCUT2D eigenvalue weighted by Gasteiger charge is 2.43. The van der Waals surface area contributed by atoms with Crippen LogP contribution in [0.5, 0.6) is 11.5 Å². The van der Waals surface area contributed by atoms with Crippen molar-refractivity contribution in [3.63, 3.8) is 0 Å². The Morgan fingerprint density at radius 3 is 2.59 bits per heavy atom. The molecule has 3 amide bonds. The predicted octanol–water partition coefficient (Wildman–Crippen LogP) is 3.09. The maximum Gasteiger partial charge on any atom is 0.255 e. The number of nitrogens with one attached hydrogen (secondary N) is 1. The van der Waals surface area contributed by atoms with E-state index >= 15 is 0 Å². The van der Waals surface area contributed by atoms with Gasteiger partial charge in [0.05, 0.1) is 33.0 Å². The minimum atomic E-state index is -0.0113. The van der Waals surface area contributed by atoms with E-state index in [2.05, 4.69) is 26.2 Å². The Hall–Kier alpha value is -3.86. The van der Waals surface area contributed by atoms with Crippen LogP contribution in [0, 0.1) is 11.8 Å². The molecule has 3 saturated heterocycles. The quantitative estimate of drug-likeness (QED) is 0.547. The molecule has 1 aromatic heterocycles. The number of amides is 3. The van der Waals surface area contributed by atoms with Crippen molar-refractivity contribution in [2.24, 2.45) is 11.8 Å². The highest BCUT2D eigenvalue weighted by molar-refractivity contribution is 5.94. The first-order chi connectivity index (χ1) is 22.4. The lowest BCUT2D eigenvalue weighted by Gasteiger charge is -2.51. The lowest BCUT2D eigenvalue weighted by molar-refractivity contribution is -0.140. The molecule has 0 saturated carbocycles. The smallest absolute Gasteiger partial charge is 0.255 e. The van der Waals surface area contributed by atoms with Crippen LogP contribution in [-0.4, -0.2) is 105 Å². The van der Waals surface area contributed by atoms with Gasteiger partial charge in [-0.2, -0.15) is 0 Å². The normalized spacial score (nSPS) is 24.6. The fourth-order valence-corrected chi connectivity index (χ4v) is 7.74. The highest BCUT2D eigenvalue weighted by Crippen LogP contribution is 2.37. The molecule has 0 aliphatic carbocycles. The molecular weight excluding hydrogens is 586 g/mol. The Balaban J connectivity index is 1.18. The number of morpholine rings is 1. The number of nitrogens with zero attached hydrogens (tertiary/aromatic N) is 4. The number of methoxy groups -OCH3 is 2. The molecule has 2 aromatic rings. The van der Waals surface area contributed by atoms with E-state index in [1.165, 1.54) is 0 Å². The van der Waals surface area contributed by atoms with Crippen LogP contribution < -0.4 is 19.7 Å². The van der Waals surface area contributed by atoms with Crippen LogP contribution in [-0.2, 0) is 27.2 Å². The van der Waals surface area contributed by atoms with Crippen LogP contribution in [0.1, 0.15) is 60.0 Å². The molecule has 3 fully saturated rings. The molecule has 5 heterocycles. The largest absolute Gasteiger partial charge is 0.493 e. The monoisotopic (exact) mass is 633 g/mol. The molecular formula is C35H47N5O6. The van der Waals surface area contributed by atoms with E-state index < -0.39 is 0 Å². The van der Waals surface area contributed by atoms with Crippen molar-refractivity contribution in [2.45, 2.75) is 57.4 Å². The zero-order chi connectivity index (χ0) is 32.0. The number of benzene rings is 1. The first-order valence-electron chi connectivity index (χ1n) is 16.8. The zero-order valence-electron chi connectivity index (χ0n) is 27.2. The second-order valence-corrected chi connectivity index (χ2v) is 13.0. The van der Waals surface area contributed by atoms with Crippen LogP contribution in [0.25, 0.3) is 0 Å². The first-order valence-corrected chi connectivity index (χ1v) is 16.8. The maximum atomic E-state index is 13.9. The number of hydrogen-bond donors (Lipinski definition) is 1. The lowest BCUT2D eigenvalue weighted by atomic mass is 9.77. The highest BCUT2D eigenvalue weighted by atomic mass is 16.5. The van der Waals surface area contributed by atoms with E-state index in [1.807, 2.05) is 23.1 Å². The van der Waals surface area contributed by atoms with Gasteiger partial charge in [0.2, 0.25) is 11.8 Å². The molecule has 0 radical (unpaired) electrons. The Labute approximate surface area is 271 Å². The van der Waals surface area contributed by atoms with Gasteiger partial charge in [-0.05, 0) is 79.7 Å². The molecule has 11 nitrogen and oxygen atoms in total. The number of fused-ring (bicyclic) bond motifs is 6. The number of piperidine rings is 2. The van der Waals surface area contributed by atoms with Crippen molar-refractivity contribution in [3.05, 3.63) is 47.2 Å². The average molecular weight is 634 g/mol. The van der Waals surface area contributed by atoms with Gasteiger partial charge in [0.1, 0.15) is 5.82 Å². The topological polar surface area (TPSA) is 114 Å². The third-order valence-corrected chi connectivity index (χ3v) is 10.00. The van der Waals surface area contributed by atoms with Crippen LogP contribution in [0.2, 0.25) is 0 Å². The molecule has 1 N–H and O–H groups in total. The molecule has 0 spiro atoms. The van der Waals surface area contributed by atoms with E-state index in [9.17, 15) is 14.4 Å². The third-order valence-electron chi connectivity index (χ3n) is 10.00. The minimum Gasteiger partial charge on any atom is -0.493 e. The molecule has 6 rings (SSSR count). The molecule has 248 valence electrons. The standard InChI is InChI=1S/C35H47N5O6/c1-44-30-19-24-8-11-33(42)40-22-25-18-28(29(40)6-3-7-32(41)36-12-4-5-26(17-24)34(30)45-2)23-39(21-25)35(43)27-9-10-31(37-20-27)38-13-15-46-16-14-38/h9-10,17,19-20,25,28-29H,3-8,11-16,18,21-23H2,1-2H3,(H,36,41)/t25-,28+,29-/m0/s1. The summed E-state index contributed by atoms with van der Waals surface area (Å²) >= 11 is 0. The molecule has 4 aliphatic heterocycles. The summed E-state index contributed by atoms with van der Waals surface area (Å²) in [6.45, 7) is 5.39. The summed E-state index contributed by atoms with van der Waals surface area (Å²) < 4.78 is 16.8. The van der Waals surface area contributed by atoms with Gasteiger partial charge >= 0.3 is 0 Å². The SMILES string of the molecule is COc1cc2cc(c1OC)CCCNC(=O)CCC[C@H]1[C@@H]3C[C@@H](CN(C(=O)c4ccc(N5CCOCC5)nc4)C3)CN1C(=O)CC2. The van der Waals surface area contributed by atoms with Gasteiger partial charge in [-0.25, -0.2) is 4.98 Å². The van der Waals surface area contributed by atoms with Crippen molar-refractivity contribution < 1.29 is 28.6 Å². The summed E-state index contributed by atoms with van der Waals surface area (Å²) in [7, 11) is 3.27. The number of likely N-dealkylation sites (tertiary alicyclic amines) is 1. The van der Waals surface area contributed by atoms with Gasteiger partial charge in [-0.1, -0.05) is 6.07 Å². The Kier molecular flexibility index (Phi) is 10.3. The van der Waals surface area contributed by atoms with Crippen LogP contribution in [0.4, 0.5) is 5.82 Å². The average Bonchev–Trinajstić information content (AvgIpc) is 3.09. The number of aryl methyl sites for hydroxylation is 2. The number of pyridine rings is 1. The summed E-state index contributed by atoms with van der Waals surface area (Å²) in [5, 5.41) is 3.07. The van der Waals surface area contributed by atoms with Crippen molar-refractivity contribution in [1.82, 2.24) is 20.1 Å². The molecule has 3 atom stereocenters. The number of rotatable bonds is 4. The molecule has 0 unspecified atom stereocenters. The maximum absolute atomic E-state index is 13.9. The predicted molar refractivity (Wildman–Crippen MR) is 173 cm³/mol. The Morgan fingerprint density at radius 1 is 0.978 bits per heavy atom. The summed E-state index contributed by atoms with van der Waals surface area (Å²) in [5.74, 6) is 2.77. The van der Waals surface area contributed by atoms with Gasteiger partial charge < -0.3 is 34.2 Å². The van der Waals surface area contributed by atoms with Crippen molar-refractivity contribution in [2.75, 3.05) is 71.6 Å².